The molecule has 1 aromatic carbocycles. The number of hydrogen-bond donors (Lipinski definition) is 1. The normalized spacial score (nSPS) is 16.0. The number of aryl methyl sites for hydroxylation is 1. The number of benzene rings is 1. The van der Waals surface area contributed by atoms with Gasteiger partial charge in [0, 0.05) is 17.6 Å². The van der Waals surface area contributed by atoms with Gasteiger partial charge in [-0.15, -0.1) is 0 Å². The number of furan rings is 1. The lowest BCUT2D eigenvalue weighted by molar-refractivity contribution is -0.130. The van der Waals surface area contributed by atoms with Gasteiger partial charge in [-0.3, -0.25) is 19.8 Å². The molecule has 1 fully saturated rings. The van der Waals surface area contributed by atoms with Gasteiger partial charge in [-0.2, -0.15) is 0 Å². The highest BCUT2D eigenvalue weighted by Crippen LogP contribution is 2.20. The molecule has 0 radical (unpaired) electrons. The molecule has 4 rings (SSSR count). The van der Waals surface area contributed by atoms with Crippen molar-refractivity contribution in [3.63, 3.8) is 0 Å². The van der Waals surface area contributed by atoms with Gasteiger partial charge in [-0.05, 0) is 55.0 Å². The first kappa shape index (κ1) is 17.5. The van der Waals surface area contributed by atoms with Crippen molar-refractivity contribution in [3.05, 3.63) is 83.6 Å². The SMILES string of the molecule is Cc1cccc(-n2cccc2C=C2C(=O)NC(=O)N(Cc3ccco3)C2=O)c1. The van der Waals surface area contributed by atoms with E-state index in [-0.39, 0.29) is 12.1 Å². The number of imide groups is 2. The van der Waals surface area contributed by atoms with Crippen LogP contribution in [0.4, 0.5) is 4.79 Å². The number of barbiturate groups is 1. The molecular formula is C21H17N3O4. The van der Waals surface area contributed by atoms with Gasteiger partial charge in [-0.1, -0.05) is 12.1 Å². The summed E-state index contributed by atoms with van der Waals surface area (Å²) in [6, 6.07) is 14.0. The largest absolute Gasteiger partial charge is 0.467 e. The molecular weight excluding hydrogens is 358 g/mol. The van der Waals surface area contributed by atoms with Crippen molar-refractivity contribution in [2.24, 2.45) is 0 Å². The van der Waals surface area contributed by atoms with Crippen LogP contribution in [-0.2, 0) is 16.1 Å². The van der Waals surface area contributed by atoms with E-state index in [9.17, 15) is 14.4 Å². The standard InChI is InChI=1S/C21H17N3O4/c1-14-5-2-6-15(11-14)23-9-3-7-16(23)12-18-19(25)22-21(27)24(20(18)26)13-17-8-4-10-28-17/h2-12H,13H2,1H3,(H,22,25,27). The summed E-state index contributed by atoms with van der Waals surface area (Å²) >= 11 is 0. The minimum absolute atomic E-state index is 0.0544. The molecule has 7 heteroatoms. The lowest BCUT2D eigenvalue weighted by Gasteiger charge is -2.25. The molecule has 0 aliphatic carbocycles. The molecule has 0 spiro atoms. The molecule has 28 heavy (non-hydrogen) atoms. The summed E-state index contributed by atoms with van der Waals surface area (Å²) in [6.07, 6.45) is 4.79. The second kappa shape index (κ2) is 7.03. The van der Waals surface area contributed by atoms with Crippen molar-refractivity contribution in [2.75, 3.05) is 0 Å². The molecule has 1 N–H and O–H groups in total. The minimum atomic E-state index is -0.766. The fourth-order valence-corrected chi connectivity index (χ4v) is 3.07. The highest BCUT2D eigenvalue weighted by atomic mass is 16.3. The van der Waals surface area contributed by atoms with Crippen LogP contribution in [-0.4, -0.2) is 27.3 Å². The quantitative estimate of drug-likeness (QED) is 0.561. The van der Waals surface area contributed by atoms with Crippen LogP contribution < -0.4 is 5.32 Å². The Bertz CT molecular complexity index is 1090. The molecule has 1 saturated heterocycles. The molecule has 1 aliphatic heterocycles. The van der Waals surface area contributed by atoms with Crippen LogP contribution >= 0.6 is 0 Å². The summed E-state index contributed by atoms with van der Waals surface area (Å²) in [5.74, 6) is -0.940. The predicted molar refractivity (Wildman–Crippen MR) is 101 cm³/mol. The maximum absolute atomic E-state index is 12.8. The average Bonchev–Trinajstić information content (AvgIpc) is 3.34. The first-order chi connectivity index (χ1) is 13.5. The number of rotatable bonds is 4. The van der Waals surface area contributed by atoms with Gasteiger partial charge in [0.2, 0.25) is 0 Å². The summed E-state index contributed by atoms with van der Waals surface area (Å²) in [6.45, 7) is 1.93. The van der Waals surface area contributed by atoms with Gasteiger partial charge in [0.25, 0.3) is 11.8 Å². The smallest absolute Gasteiger partial charge is 0.331 e. The highest BCUT2D eigenvalue weighted by molar-refractivity contribution is 6.30. The van der Waals surface area contributed by atoms with Gasteiger partial charge in [0.05, 0.1) is 12.8 Å². The molecule has 3 heterocycles. The zero-order valence-electron chi connectivity index (χ0n) is 15.1. The van der Waals surface area contributed by atoms with E-state index in [1.54, 1.807) is 18.2 Å². The lowest BCUT2D eigenvalue weighted by atomic mass is 10.1. The van der Waals surface area contributed by atoms with E-state index in [1.165, 1.54) is 12.3 Å². The van der Waals surface area contributed by atoms with Crippen LogP contribution in [0.1, 0.15) is 17.0 Å². The Hall–Kier alpha value is -3.87. The number of carbonyl (C=O) groups is 3. The van der Waals surface area contributed by atoms with Gasteiger partial charge in [0.1, 0.15) is 11.3 Å². The Kier molecular flexibility index (Phi) is 4.41. The average molecular weight is 375 g/mol. The maximum Gasteiger partial charge on any atom is 0.331 e. The van der Waals surface area contributed by atoms with E-state index in [0.29, 0.717) is 11.5 Å². The topological polar surface area (TPSA) is 84.6 Å². The van der Waals surface area contributed by atoms with E-state index in [1.807, 2.05) is 48.0 Å². The van der Waals surface area contributed by atoms with Crippen molar-refractivity contribution >= 4 is 23.9 Å². The second-order valence-electron chi connectivity index (χ2n) is 6.43. The number of amides is 4. The van der Waals surface area contributed by atoms with Crippen molar-refractivity contribution in [1.82, 2.24) is 14.8 Å². The highest BCUT2D eigenvalue weighted by Gasteiger charge is 2.36. The summed E-state index contributed by atoms with van der Waals surface area (Å²) in [5, 5.41) is 2.21. The molecule has 4 amide bonds. The molecule has 0 unspecified atom stereocenters. The Labute approximate surface area is 160 Å². The third-order valence-corrected chi connectivity index (χ3v) is 4.43. The van der Waals surface area contributed by atoms with E-state index >= 15 is 0 Å². The third-order valence-electron chi connectivity index (χ3n) is 4.43. The molecule has 0 saturated carbocycles. The number of nitrogens with zero attached hydrogens (tertiary/aromatic N) is 2. The fraction of sp³-hybridized carbons (Fsp3) is 0.0952. The number of aromatic nitrogens is 1. The van der Waals surface area contributed by atoms with Crippen LogP contribution in [0.25, 0.3) is 11.8 Å². The number of carbonyl (C=O) groups excluding carboxylic acids is 3. The molecule has 0 bridgehead atoms. The van der Waals surface area contributed by atoms with E-state index in [2.05, 4.69) is 5.32 Å². The van der Waals surface area contributed by atoms with Gasteiger partial charge >= 0.3 is 6.03 Å². The zero-order valence-corrected chi connectivity index (χ0v) is 15.1. The van der Waals surface area contributed by atoms with E-state index in [4.69, 9.17) is 4.42 Å². The minimum Gasteiger partial charge on any atom is -0.467 e. The van der Waals surface area contributed by atoms with Crippen LogP contribution in [0, 0.1) is 6.92 Å². The third kappa shape index (κ3) is 3.25. The van der Waals surface area contributed by atoms with Gasteiger partial charge in [-0.25, -0.2) is 4.79 Å². The van der Waals surface area contributed by atoms with Crippen LogP contribution in [0.15, 0.2) is 71.0 Å². The molecule has 3 aromatic rings. The fourth-order valence-electron chi connectivity index (χ4n) is 3.07. The molecule has 2 aromatic heterocycles. The Morgan fingerprint density at radius 3 is 2.68 bits per heavy atom. The Balaban J connectivity index is 1.69. The Morgan fingerprint density at radius 2 is 1.93 bits per heavy atom. The first-order valence-corrected chi connectivity index (χ1v) is 8.68. The lowest BCUT2D eigenvalue weighted by Crippen LogP contribution is -2.53. The number of urea groups is 1. The predicted octanol–water partition coefficient (Wildman–Crippen LogP) is 3.04. The van der Waals surface area contributed by atoms with Gasteiger partial charge in [0.15, 0.2) is 0 Å². The summed E-state index contributed by atoms with van der Waals surface area (Å²) in [5.41, 5.74) is 2.53. The monoisotopic (exact) mass is 375 g/mol. The maximum atomic E-state index is 12.8. The van der Waals surface area contributed by atoms with Gasteiger partial charge < -0.3 is 8.98 Å². The second-order valence-corrected chi connectivity index (χ2v) is 6.43. The van der Waals surface area contributed by atoms with E-state index in [0.717, 1.165) is 16.2 Å². The molecule has 7 nitrogen and oxygen atoms in total. The molecule has 1 aliphatic rings. The van der Waals surface area contributed by atoms with Crippen LogP contribution in [0.2, 0.25) is 0 Å². The first-order valence-electron chi connectivity index (χ1n) is 8.68. The van der Waals surface area contributed by atoms with Crippen molar-refractivity contribution in [3.8, 4) is 5.69 Å². The molecule has 140 valence electrons. The summed E-state index contributed by atoms with van der Waals surface area (Å²) in [7, 11) is 0. The summed E-state index contributed by atoms with van der Waals surface area (Å²) in [4.78, 5) is 38.2. The van der Waals surface area contributed by atoms with E-state index < -0.39 is 17.8 Å². The van der Waals surface area contributed by atoms with Crippen molar-refractivity contribution in [2.45, 2.75) is 13.5 Å². The Morgan fingerprint density at radius 1 is 1.07 bits per heavy atom. The number of hydrogen-bond acceptors (Lipinski definition) is 4. The van der Waals surface area contributed by atoms with Crippen LogP contribution in [0.3, 0.4) is 0 Å². The molecule has 0 atom stereocenters. The zero-order chi connectivity index (χ0) is 19.7. The van der Waals surface area contributed by atoms with Crippen LogP contribution in [0.5, 0.6) is 0 Å². The van der Waals surface area contributed by atoms with Crippen molar-refractivity contribution in [1.29, 1.82) is 0 Å². The van der Waals surface area contributed by atoms with Crippen molar-refractivity contribution < 1.29 is 18.8 Å². The summed E-state index contributed by atoms with van der Waals surface area (Å²) < 4.78 is 7.08. The number of nitrogens with one attached hydrogen (secondary N) is 1.